The molecular formula is C23H28N2O7. The van der Waals surface area contributed by atoms with E-state index in [9.17, 15) is 9.59 Å². The van der Waals surface area contributed by atoms with E-state index in [4.69, 9.17) is 23.7 Å². The summed E-state index contributed by atoms with van der Waals surface area (Å²) in [6.07, 6.45) is 2.92. The Labute approximate surface area is 187 Å². The normalized spacial score (nSPS) is 10.7. The van der Waals surface area contributed by atoms with Gasteiger partial charge in [0.15, 0.2) is 11.5 Å². The van der Waals surface area contributed by atoms with E-state index in [2.05, 4.69) is 5.32 Å². The predicted molar refractivity (Wildman–Crippen MR) is 121 cm³/mol. The molecule has 0 aliphatic rings. The van der Waals surface area contributed by atoms with Crippen LogP contribution >= 0.6 is 0 Å². The van der Waals surface area contributed by atoms with Crippen LogP contribution in [0.4, 0.5) is 5.69 Å². The molecule has 0 aliphatic heterocycles. The molecule has 0 heterocycles. The third-order valence-electron chi connectivity index (χ3n) is 4.25. The van der Waals surface area contributed by atoms with Gasteiger partial charge in [-0.25, -0.2) is 0 Å². The number of likely N-dealkylation sites (N-methyl/N-ethyl adjacent to an activating group) is 1. The third kappa shape index (κ3) is 6.64. The monoisotopic (exact) mass is 444 g/mol. The Hall–Kier alpha value is -3.72. The lowest BCUT2D eigenvalue weighted by molar-refractivity contribution is -0.135. The zero-order valence-corrected chi connectivity index (χ0v) is 19.1. The van der Waals surface area contributed by atoms with E-state index in [1.807, 2.05) is 0 Å². The smallest absolute Gasteiger partial charge is 0.325 e. The molecule has 0 saturated carbocycles. The molecule has 2 rings (SSSR count). The molecule has 1 N–H and O–H groups in total. The van der Waals surface area contributed by atoms with Crippen molar-refractivity contribution >= 4 is 23.6 Å². The van der Waals surface area contributed by atoms with Crippen molar-refractivity contribution in [3.8, 4) is 28.7 Å². The van der Waals surface area contributed by atoms with Gasteiger partial charge in [0.1, 0.15) is 17.2 Å². The van der Waals surface area contributed by atoms with E-state index < -0.39 is 11.9 Å². The van der Waals surface area contributed by atoms with Crippen LogP contribution in [0.5, 0.6) is 28.7 Å². The van der Waals surface area contributed by atoms with Crippen LogP contribution in [-0.4, -0.2) is 65.9 Å². The van der Waals surface area contributed by atoms with Crippen LogP contribution < -0.4 is 29.0 Å². The molecule has 0 aliphatic carbocycles. The van der Waals surface area contributed by atoms with Crippen LogP contribution in [0.3, 0.4) is 0 Å². The summed E-state index contributed by atoms with van der Waals surface area (Å²) in [5, 5.41) is 2.73. The summed E-state index contributed by atoms with van der Waals surface area (Å²) in [5.41, 5.74) is 1.01. The summed E-state index contributed by atoms with van der Waals surface area (Å²) >= 11 is 0. The molecule has 0 unspecified atom stereocenters. The molecule has 9 heteroatoms. The van der Waals surface area contributed by atoms with Crippen molar-refractivity contribution in [3.05, 3.63) is 42.0 Å². The van der Waals surface area contributed by atoms with E-state index in [-0.39, 0.29) is 12.3 Å². The lowest BCUT2D eigenvalue weighted by atomic mass is 10.1. The van der Waals surface area contributed by atoms with Gasteiger partial charge < -0.3 is 29.0 Å². The first-order valence-corrected chi connectivity index (χ1v) is 9.63. The maximum atomic E-state index is 12.5. The highest BCUT2D eigenvalue weighted by Crippen LogP contribution is 2.35. The SMILES string of the molecule is COc1cc(OC)c(C=CC(=O)Nc2ccc(OC)c(OC(=O)CN(C)C)c2)c(OC)c1. The lowest BCUT2D eigenvalue weighted by Crippen LogP contribution is -2.25. The number of ether oxygens (including phenoxy) is 5. The molecular weight excluding hydrogens is 416 g/mol. The minimum absolute atomic E-state index is 0.105. The van der Waals surface area contributed by atoms with Gasteiger partial charge in [-0.1, -0.05) is 0 Å². The maximum Gasteiger partial charge on any atom is 0.325 e. The fourth-order valence-electron chi connectivity index (χ4n) is 2.79. The predicted octanol–water partition coefficient (Wildman–Crippen LogP) is 2.84. The minimum atomic E-state index is -0.449. The van der Waals surface area contributed by atoms with Gasteiger partial charge in [0.2, 0.25) is 5.91 Å². The number of esters is 1. The van der Waals surface area contributed by atoms with Gasteiger partial charge in [0.25, 0.3) is 0 Å². The Morgan fingerprint density at radius 1 is 0.875 bits per heavy atom. The van der Waals surface area contributed by atoms with Crippen LogP contribution in [0, 0.1) is 0 Å². The van der Waals surface area contributed by atoms with Crippen LogP contribution in [-0.2, 0) is 9.59 Å². The highest BCUT2D eigenvalue weighted by molar-refractivity contribution is 6.02. The Bertz CT molecular complexity index is 961. The minimum Gasteiger partial charge on any atom is -0.496 e. The molecule has 0 spiro atoms. The molecule has 0 fully saturated rings. The Balaban J connectivity index is 2.20. The number of hydrogen-bond acceptors (Lipinski definition) is 8. The number of anilines is 1. The molecule has 32 heavy (non-hydrogen) atoms. The maximum absolute atomic E-state index is 12.5. The van der Waals surface area contributed by atoms with Crippen molar-refractivity contribution in [2.24, 2.45) is 0 Å². The summed E-state index contributed by atoms with van der Waals surface area (Å²) in [5.74, 6) is 1.28. The molecule has 0 atom stereocenters. The highest BCUT2D eigenvalue weighted by Gasteiger charge is 2.14. The number of hydrogen-bond donors (Lipinski definition) is 1. The van der Waals surface area contributed by atoms with Gasteiger partial charge >= 0.3 is 5.97 Å². The summed E-state index contributed by atoms with van der Waals surface area (Å²) in [6.45, 7) is 0.105. The van der Waals surface area contributed by atoms with Gasteiger partial charge in [-0.2, -0.15) is 0 Å². The number of carbonyl (C=O) groups is 2. The quantitative estimate of drug-likeness (QED) is 0.340. The average molecular weight is 444 g/mol. The second-order valence-corrected chi connectivity index (χ2v) is 6.85. The van der Waals surface area contributed by atoms with Crippen molar-refractivity contribution in [2.45, 2.75) is 0 Å². The fraction of sp³-hybridized carbons (Fsp3) is 0.304. The summed E-state index contributed by atoms with van der Waals surface area (Å²) in [7, 11) is 9.56. The van der Waals surface area contributed by atoms with E-state index in [0.29, 0.717) is 34.2 Å². The van der Waals surface area contributed by atoms with Gasteiger partial charge in [-0.15, -0.1) is 0 Å². The van der Waals surface area contributed by atoms with Crippen molar-refractivity contribution in [3.63, 3.8) is 0 Å². The van der Waals surface area contributed by atoms with E-state index in [0.717, 1.165) is 0 Å². The molecule has 2 aromatic rings. The van der Waals surface area contributed by atoms with Gasteiger partial charge in [-0.05, 0) is 32.3 Å². The number of methoxy groups -OCH3 is 4. The average Bonchev–Trinajstić information content (AvgIpc) is 2.76. The zero-order valence-electron chi connectivity index (χ0n) is 19.1. The first kappa shape index (κ1) is 24.5. The summed E-state index contributed by atoms with van der Waals surface area (Å²) < 4.78 is 26.6. The van der Waals surface area contributed by atoms with Crippen molar-refractivity contribution in [1.82, 2.24) is 4.90 Å². The number of amides is 1. The summed E-state index contributed by atoms with van der Waals surface area (Å²) in [6, 6.07) is 8.15. The van der Waals surface area contributed by atoms with Crippen molar-refractivity contribution in [2.75, 3.05) is 54.4 Å². The van der Waals surface area contributed by atoms with Gasteiger partial charge in [-0.3, -0.25) is 14.5 Å². The largest absolute Gasteiger partial charge is 0.496 e. The highest BCUT2D eigenvalue weighted by atomic mass is 16.6. The number of benzene rings is 2. The number of rotatable bonds is 10. The summed E-state index contributed by atoms with van der Waals surface area (Å²) in [4.78, 5) is 26.2. The Morgan fingerprint density at radius 3 is 2.03 bits per heavy atom. The molecule has 0 aromatic heterocycles. The molecule has 2 aromatic carbocycles. The first-order valence-electron chi connectivity index (χ1n) is 9.63. The van der Waals surface area contributed by atoms with Crippen molar-refractivity contribution in [1.29, 1.82) is 0 Å². The molecule has 0 radical (unpaired) electrons. The van der Waals surface area contributed by atoms with E-state index in [1.165, 1.54) is 40.6 Å². The second kappa shape index (κ2) is 11.6. The van der Waals surface area contributed by atoms with Gasteiger partial charge in [0, 0.05) is 30.0 Å². The van der Waals surface area contributed by atoms with Crippen LogP contribution in [0.25, 0.3) is 6.08 Å². The molecule has 1 amide bonds. The van der Waals surface area contributed by atoms with Gasteiger partial charge in [0.05, 0.1) is 40.5 Å². The first-order chi connectivity index (χ1) is 15.3. The standard InChI is InChI=1S/C23H28N2O7/c1-25(2)14-23(27)32-21-11-15(7-9-18(21)29-4)24-22(26)10-8-17-19(30-5)12-16(28-3)13-20(17)31-6/h7-13H,14H2,1-6H3,(H,24,26). The number of carbonyl (C=O) groups excluding carboxylic acids is 2. The van der Waals surface area contributed by atoms with E-state index >= 15 is 0 Å². The Morgan fingerprint density at radius 2 is 1.50 bits per heavy atom. The van der Waals surface area contributed by atoms with Crippen LogP contribution in [0.1, 0.15) is 5.56 Å². The molecule has 0 bridgehead atoms. The van der Waals surface area contributed by atoms with Crippen molar-refractivity contribution < 1.29 is 33.3 Å². The van der Waals surface area contributed by atoms with Crippen LogP contribution in [0.15, 0.2) is 36.4 Å². The second-order valence-electron chi connectivity index (χ2n) is 6.85. The lowest BCUT2D eigenvalue weighted by Gasteiger charge is -2.13. The molecule has 172 valence electrons. The fourth-order valence-corrected chi connectivity index (χ4v) is 2.79. The van der Waals surface area contributed by atoms with Crippen LogP contribution in [0.2, 0.25) is 0 Å². The third-order valence-corrected chi connectivity index (χ3v) is 4.25. The zero-order chi connectivity index (χ0) is 23.7. The number of nitrogens with zero attached hydrogens (tertiary/aromatic N) is 1. The Kier molecular flexibility index (Phi) is 8.91. The topological polar surface area (TPSA) is 95.6 Å². The molecule has 0 saturated heterocycles. The number of nitrogens with one attached hydrogen (secondary N) is 1. The molecule has 9 nitrogen and oxygen atoms in total. The van der Waals surface area contributed by atoms with E-state index in [1.54, 1.807) is 49.3 Å².